The Morgan fingerprint density at radius 2 is 1.88 bits per heavy atom. The molecule has 136 valence electrons. The van der Waals surface area contributed by atoms with Gasteiger partial charge in [-0.15, -0.1) is 0 Å². The van der Waals surface area contributed by atoms with Gasteiger partial charge in [0.2, 0.25) is 5.91 Å². The predicted octanol–water partition coefficient (Wildman–Crippen LogP) is 2.62. The Balaban J connectivity index is 1.57. The van der Waals surface area contributed by atoms with Crippen molar-refractivity contribution in [2.24, 2.45) is 5.92 Å². The van der Waals surface area contributed by atoms with Crippen LogP contribution in [-0.4, -0.2) is 49.2 Å². The van der Waals surface area contributed by atoms with Gasteiger partial charge in [0, 0.05) is 31.4 Å². The molecule has 3 rings (SSSR count). The summed E-state index contributed by atoms with van der Waals surface area (Å²) in [5.74, 6) is 0.651. The topological polar surface area (TPSA) is 70.7 Å². The molecule has 1 aliphatic heterocycles. The minimum absolute atomic E-state index is 0.0645. The van der Waals surface area contributed by atoms with Crippen LogP contribution in [0.2, 0.25) is 0 Å². The molecule has 1 saturated carbocycles. The molecule has 2 fully saturated rings. The van der Waals surface area contributed by atoms with Crippen LogP contribution < -0.4 is 10.6 Å². The highest BCUT2D eigenvalue weighted by Gasteiger charge is 2.41. The number of para-hydroxylation sites is 1. The number of amides is 3. The molecule has 0 atom stereocenters. The van der Waals surface area contributed by atoms with Crippen LogP contribution in [0, 0.1) is 5.92 Å². The Labute approximate surface area is 148 Å². The molecule has 1 heterocycles. The minimum atomic E-state index is -0.194. The second-order valence-electron chi connectivity index (χ2n) is 7.19. The average Bonchev–Trinajstić information content (AvgIpc) is 3.40. The number of nitrogens with one attached hydrogen (secondary N) is 2. The van der Waals surface area contributed by atoms with Crippen LogP contribution in [-0.2, 0) is 9.53 Å². The van der Waals surface area contributed by atoms with Gasteiger partial charge < -0.3 is 20.3 Å². The van der Waals surface area contributed by atoms with Crippen molar-refractivity contribution < 1.29 is 14.3 Å². The van der Waals surface area contributed by atoms with Gasteiger partial charge in [-0.05, 0) is 37.3 Å². The number of piperidine rings is 1. The Bertz CT molecular complexity index is 593. The maximum Gasteiger partial charge on any atom is 0.321 e. The lowest BCUT2D eigenvalue weighted by Gasteiger charge is -2.42. The fourth-order valence-electron chi connectivity index (χ4n) is 3.58. The number of hydrogen-bond acceptors (Lipinski definition) is 3. The van der Waals surface area contributed by atoms with E-state index in [2.05, 4.69) is 10.6 Å². The van der Waals surface area contributed by atoms with Crippen molar-refractivity contribution in [3.05, 3.63) is 30.3 Å². The summed E-state index contributed by atoms with van der Waals surface area (Å²) in [6, 6.07) is 9.41. The lowest BCUT2D eigenvalue weighted by molar-refractivity contribution is -0.127. The first-order valence-corrected chi connectivity index (χ1v) is 9.01. The van der Waals surface area contributed by atoms with E-state index in [1.165, 1.54) is 20.0 Å². The lowest BCUT2D eigenvalue weighted by atomic mass is 9.82. The van der Waals surface area contributed by atoms with Crippen LogP contribution >= 0.6 is 0 Å². The molecule has 25 heavy (non-hydrogen) atoms. The Morgan fingerprint density at radius 1 is 1.20 bits per heavy atom. The average molecular weight is 345 g/mol. The molecule has 0 spiro atoms. The smallest absolute Gasteiger partial charge is 0.321 e. The first-order chi connectivity index (χ1) is 12.1. The van der Waals surface area contributed by atoms with E-state index >= 15 is 0 Å². The number of benzene rings is 1. The van der Waals surface area contributed by atoms with Gasteiger partial charge in [-0.2, -0.15) is 0 Å². The zero-order valence-electron chi connectivity index (χ0n) is 14.8. The normalized spacial score (nSPS) is 19.3. The highest BCUT2D eigenvalue weighted by molar-refractivity contribution is 5.89. The summed E-state index contributed by atoms with van der Waals surface area (Å²) in [6.45, 7) is 1.39. The largest absolute Gasteiger partial charge is 0.375 e. The highest BCUT2D eigenvalue weighted by Crippen LogP contribution is 2.40. The number of methoxy groups -OCH3 is 1. The van der Waals surface area contributed by atoms with Crippen LogP contribution in [0.4, 0.5) is 10.5 Å². The number of nitrogens with zero attached hydrogens (tertiary/aromatic N) is 1. The van der Waals surface area contributed by atoms with Crippen molar-refractivity contribution in [1.29, 1.82) is 0 Å². The van der Waals surface area contributed by atoms with E-state index in [-0.39, 0.29) is 24.1 Å². The number of ether oxygens (including phenoxy) is 1. The van der Waals surface area contributed by atoms with E-state index in [4.69, 9.17) is 4.74 Å². The predicted molar refractivity (Wildman–Crippen MR) is 96.4 cm³/mol. The van der Waals surface area contributed by atoms with Crippen molar-refractivity contribution in [2.45, 2.75) is 37.6 Å². The van der Waals surface area contributed by atoms with E-state index in [1.54, 1.807) is 0 Å². The van der Waals surface area contributed by atoms with Crippen molar-refractivity contribution in [3.8, 4) is 0 Å². The molecule has 1 saturated heterocycles. The summed E-state index contributed by atoms with van der Waals surface area (Å²) in [5, 5.41) is 6.12. The van der Waals surface area contributed by atoms with Crippen LogP contribution in [0.25, 0.3) is 0 Å². The second kappa shape index (κ2) is 7.87. The molecule has 0 radical (unpaired) electrons. The Kier molecular flexibility index (Phi) is 5.58. The Morgan fingerprint density at radius 3 is 2.48 bits per heavy atom. The summed E-state index contributed by atoms with van der Waals surface area (Å²) >= 11 is 0. The third-order valence-corrected chi connectivity index (χ3v) is 5.09. The quantitative estimate of drug-likeness (QED) is 0.832. The van der Waals surface area contributed by atoms with Crippen LogP contribution in [0.3, 0.4) is 0 Å². The molecule has 2 N–H and O–H groups in total. The zero-order valence-corrected chi connectivity index (χ0v) is 14.8. The number of rotatable bonds is 6. The molecule has 1 aromatic rings. The van der Waals surface area contributed by atoms with Gasteiger partial charge in [-0.1, -0.05) is 31.0 Å². The molecule has 0 bridgehead atoms. The highest BCUT2D eigenvalue weighted by atomic mass is 16.5. The fraction of sp³-hybridized carbons (Fsp3) is 0.579. The summed E-state index contributed by atoms with van der Waals surface area (Å²) in [5.41, 5.74) is 0.607. The molecule has 0 aromatic heterocycles. The fourth-order valence-corrected chi connectivity index (χ4v) is 3.58. The molecular weight excluding hydrogens is 318 g/mol. The summed E-state index contributed by atoms with van der Waals surface area (Å²) < 4.78 is 4.95. The summed E-state index contributed by atoms with van der Waals surface area (Å²) in [6.07, 6.45) is 5.10. The van der Waals surface area contributed by atoms with Gasteiger partial charge in [0.15, 0.2) is 0 Å². The van der Waals surface area contributed by atoms with E-state index in [9.17, 15) is 9.59 Å². The second-order valence-corrected chi connectivity index (χ2v) is 7.19. The number of likely N-dealkylation sites (tertiary alicyclic amines) is 1. The van der Waals surface area contributed by atoms with Crippen molar-refractivity contribution in [2.75, 3.05) is 32.1 Å². The van der Waals surface area contributed by atoms with E-state index in [0.717, 1.165) is 24.9 Å². The van der Waals surface area contributed by atoms with Gasteiger partial charge in [0.1, 0.15) is 6.61 Å². The number of anilines is 1. The maximum absolute atomic E-state index is 12.4. The standard InChI is InChI=1S/C19H27N3O3/c1-25-14-17(23)21-19(13-15-7-8-15)9-11-22(12-10-19)18(24)20-16-5-3-2-4-6-16/h2-6,15H,7-14H2,1H3,(H,20,24)(H,21,23). The summed E-state index contributed by atoms with van der Waals surface area (Å²) in [4.78, 5) is 26.3. The monoisotopic (exact) mass is 345 g/mol. The van der Waals surface area contributed by atoms with Crippen molar-refractivity contribution >= 4 is 17.6 Å². The number of hydrogen-bond donors (Lipinski definition) is 2. The Hall–Kier alpha value is -2.08. The van der Waals surface area contributed by atoms with Gasteiger partial charge in [-0.3, -0.25) is 4.79 Å². The van der Waals surface area contributed by atoms with Crippen molar-refractivity contribution in [3.63, 3.8) is 0 Å². The molecule has 6 nitrogen and oxygen atoms in total. The molecule has 3 amide bonds. The van der Waals surface area contributed by atoms with Gasteiger partial charge in [0.05, 0.1) is 0 Å². The van der Waals surface area contributed by atoms with E-state index in [0.29, 0.717) is 19.0 Å². The first kappa shape index (κ1) is 17.7. The third-order valence-electron chi connectivity index (χ3n) is 5.09. The lowest BCUT2D eigenvalue weighted by Crippen LogP contribution is -2.57. The molecule has 2 aliphatic rings. The molecule has 1 aliphatic carbocycles. The van der Waals surface area contributed by atoms with Gasteiger partial charge in [0.25, 0.3) is 0 Å². The zero-order chi connectivity index (χ0) is 17.7. The maximum atomic E-state index is 12.4. The number of urea groups is 1. The SMILES string of the molecule is COCC(=O)NC1(CC2CC2)CCN(C(=O)Nc2ccccc2)CC1. The van der Waals surface area contributed by atoms with E-state index < -0.39 is 0 Å². The van der Waals surface area contributed by atoms with Crippen LogP contribution in [0.15, 0.2) is 30.3 Å². The van der Waals surface area contributed by atoms with Gasteiger partial charge in [-0.25, -0.2) is 4.79 Å². The van der Waals surface area contributed by atoms with Crippen LogP contribution in [0.5, 0.6) is 0 Å². The third kappa shape index (κ3) is 4.95. The van der Waals surface area contributed by atoms with Gasteiger partial charge >= 0.3 is 6.03 Å². The molecule has 6 heteroatoms. The van der Waals surface area contributed by atoms with Crippen molar-refractivity contribution in [1.82, 2.24) is 10.2 Å². The first-order valence-electron chi connectivity index (χ1n) is 9.01. The van der Waals surface area contributed by atoms with E-state index in [1.807, 2.05) is 35.2 Å². The minimum Gasteiger partial charge on any atom is -0.375 e. The molecule has 1 aromatic carbocycles. The number of carbonyl (C=O) groups excluding carboxylic acids is 2. The molecule has 0 unspecified atom stereocenters. The van der Waals surface area contributed by atoms with Crippen LogP contribution in [0.1, 0.15) is 32.1 Å². The molecular formula is C19H27N3O3. The number of carbonyl (C=O) groups is 2. The summed E-state index contributed by atoms with van der Waals surface area (Å²) in [7, 11) is 1.53.